The summed E-state index contributed by atoms with van der Waals surface area (Å²) in [6.07, 6.45) is 15.1. The van der Waals surface area contributed by atoms with E-state index in [2.05, 4.69) is 47.6 Å². The third-order valence-electron chi connectivity index (χ3n) is 10.9. The summed E-state index contributed by atoms with van der Waals surface area (Å²) >= 11 is 0. The van der Waals surface area contributed by atoms with Crippen molar-refractivity contribution in [3.63, 3.8) is 0 Å². The predicted octanol–water partition coefficient (Wildman–Crippen LogP) is 7.27. The lowest BCUT2D eigenvalue weighted by Crippen LogP contribution is -2.55. The molecule has 0 aromatic heterocycles. The summed E-state index contributed by atoms with van der Waals surface area (Å²) in [4.78, 5) is 11.7. The fourth-order valence-electron chi connectivity index (χ4n) is 8.90. The average Bonchev–Trinajstić information content (AvgIpc) is 3.08. The molecule has 4 rings (SSSR count). The molecular formula is C29H46O2. The Labute approximate surface area is 191 Å². The van der Waals surface area contributed by atoms with Crippen molar-refractivity contribution >= 4 is 6.29 Å². The molecule has 0 bridgehead atoms. The van der Waals surface area contributed by atoms with Gasteiger partial charge >= 0.3 is 0 Å². The molecule has 0 saturated heterocycles. The minimum absolute atomic E-state index is 0.0672. The van der Waals surface area contributed by atoms with Gasteiger partial charge in [0.15, 0.2) is 6.29 Å². The Balaban J connectivity index is 1.58. The van der Waals surface area contributed by atoms with E-state index in [4.69, 9.17) is 0 Å². The zero-order valence-corrected chi connectivity index (χ0v) is 21.0. The Bertz CT molecular complexity index is 774. The van der Waals surface area contributed by atoms with Gasteiger partial charge in [0.1, 0.15) is 5.60 Å². The van der Waals surface area contributed by atoms with E-state index in [9.17, 15) is 9.90 Å². The lowest BCUT2D eigenvalue weighted by atomic mass is 9.47. The molecule has 0 aliphatic heterocycles. The number of fused-ring (bicyclic) bond motifs is 4. The molecule has 8 atom stereocenters. The van der Waals surface area contributed by atoms with Gasteiger partial charge < -0.3 is 9.90 Å². The van der Waals surface area contributed by atoms with Gasteiger partial charge in [0.25, 0.3) is 0 Å². The summed E-state index contributed by atoms with van der Waals surface area (Å²) in [5.74, 6) is 2.94. The maximum atomic E-state index is 11.7. The van der Waals surface area contributed by atoms with E-state index in [0.717, 1.165) is 36.9 Å². The number of allylic oxidation sites excluding steroid dienone is 4. The molecule has 2 heteroatoms. The lowest BCUT2D eigenvalue weighted by molar-refractivity contribution is -0.145. The van der Waals surface area contributed by atoms with Gasteiger partial charge in [-0.2, -0.15) is 0 Å². The maximum Gasteiger partial charge on any atom is 0.151 e. The number of aliphatic hydroxyl groups is 1. The van der Waals surface area contributed by atoms with E-state index in [0.29, 0.717) is 17.8 Å². The van der Waals surface area contributed by atoms with E-state index in [1.54, 1.807) is 5.57 Å². The van der Waals surface area contributed by atoms with Crippen molar-refractivity contribution in [3.8, 4) is 0 Å². The highest BCUT2D eigenvalue weighted by atomic mass is 16.3. The number of rotatable bonds is 5. The van der Waals surface area contributed by atoms with Crippen LogP contribution < -0.4 is 0 Å². The summed E-state index contributed by atoms with van der Waals surface area (Å²) in [7, 11) is 0. The van der Waals surface area contributed by atoms with Gasteiger partial charge in [0.2, 0.25) is 0 Å². The summed E-state index contributed by atoms with van der Waals surface area (Å²) in [6, 6.07) is 0. The van der Waals surface area contributed by atoms with Crippen molar-refractivity contribution in [3.05, 3.63) is 22.8 Å². The van der Waals surface area contributed by atoms with Crippen LogP contribution in [0.15, 0.2) is 22.8 Å². The highest BCUT2D eigenvalue weighted by Gasteiger charge is 2.58. The molecule has 4 aliphatic rings. The third-order valence-corrected chi connectivity index (χ3v) is 10.9. The normalized spacial score (nSPS) is 45.4. The first kappa shape index (κ1) is 23.3. The van der Waals surface area contributed by atoms with Crippen LogP contribution >= 0.6 is 0 Å². The summed E-state index contributed by atoms with van der Waals surface area (Å²) in [6.45, 7) is 14.2. The maximum absolute atomic E-state index is 11.7. The largest absolute Gasteiger partial charge is 0.382 e. The van der Waals surface area contributed by atoms with Crippen LogP contribution in [0.1, 0.15) is 106 Å². The van der Waals surface area contributed by atoms with Gasteiger partial charge in [-0.05, 0) is 118 Å². The first-order chi connectivity index (χ1) is 14.6. The van der Waals surface area contributed by atoms with E-state index in [-0.39, 0.29) is 11.3 Å². The second-order valence-corrected chi connectivity index (χ2v) is 12.5. The number of aldehydes is 1. The number of carbonyl (C=O) groups excluding carboxylic acids is 1. The molecule has 31 heavy (non-hydrogen) atoms. The Kier molecular flexibility index (Phi) is 6.12. The van der Waals surface area contributed by atoms with Gasteiger partial charge in [-0.1, -0.05) is 50.5 Å². The molecule has 2 saturated carbocycles. The molecule has 0 radical (unpaired) electrons. The van der Waals surface area contributed by atoms with Crippen molar-refractivity contribution < 1.29 is 9.90 Å². The van der Waals surface area contributed by atoms with Gasteiger partial charge in [-0.25, -0.2) is 0 Å². The monoisotopic (exact) mass is 426 g/mol. The third kappa shape index (κ3) is 3.60. The molecule has 1 N–H and O–H groups in total. The quantitative estimate of drug-likeness (QED) is 0.371. The molecular weight excluding hydrogens is 380 g/mol. The van der Waals surface area contributed by atoms with E-state index < -0.39 is 5.60 Å². The van der Waals surface area contributed by atoms with Crippen LogP contribution in [-0.4, -0.2) is 17.0 Å². The van der Waals surface area contributed by atoms with Crippen LogP contribution in [0.5, 0.6) is 0 Å². The Morgan fingerprint density at radius 1 is 1.13 bits per heavy atom. The lowest BCUT2D eigenvalue weighted by Gasteiger charge is -2.58. The van der Waals surface area contributed by atoms with Crippen LogP contribution in [0, 0.1) is 40.4 Å². The summed E-state index contributed by atoms with van der Waals surface area (Å²) < 4.78 is 0. The number of hydrogen-bond donors (Lipinski definition) is 1. The first-order valence-corrected chi connectivity index (χ1v) is 13.1. The molecule has 0 aromatic carbocycles. The van der Waals surface area contributed by atoms with Crippen LogP contribution in [0.4, 0.5) is 0 Å². The van der Waals surface area contributed by atoms with Crippen molar-refractivity contribution in [2.45, 2.75) is 111 Å². The molecule has 0 aromatic rings. The van der Waals surface area contributed by atoms with Crippen LogP contribution in [0.25, 0.3) is 0 Å². The zero-order valence-electron chi connectivity index (χ0n) is 21.0. The van der Waals surface area contributed by atoms with Gasteiger partial charge in [-0.3, -0.25) is 0 Å². The standard InChI is InChI=1S/C29H46O2/c1-19(2)8-7-9-20(3)23-12-13-25-22-10-11-24-21(4)29(31,18-30)17-16-28(24,6)26(22)14-15-27(23,25)5/h8,18,20-21,23-25,31H,7,9-17H2,1-6H3/t20-,21-,23-,24+,25+,27-,28+,29-/m1/s1. The highest BCUT2D eigenvalue weighted by Crippen LogP contribution is 2.67. The fourth-order valence-corrected chi connectivity index (χ4v) is 8.90. The minimum atomic E-state index is -1.11. The van der Waals surface area contributed by atoms with Gasteiger partial charge in [-0.15, -0.1) is 0 Å². The average molecular weight is 427 g/mol. The van der Waals surface area contributed by atoms with Crippen LogP contribution in [0.2, 0.25) is 0 Å². The topological polar surface area (TPSA) is 37.3 Å². The van der Waals surface area contributed by atoms with Gasteiger partial charge in [0.05, 0.1) is 0 Å². The van der Waals surface area contributed by atoms with Crippen molar-refractivity contribution in [2.75, 3.05) is 0 Å². The van der Waals surface area contributed by atoms with Gasteiger partial charge in [0, 0.05) is 0 Å². The summed E-state index contributed by atoms with van der Waals surface area (Å²) in [5, 5.41) is 10.9. The first-order valence-electron chi connectivity index (χ1n) is 13.1. The fraction of sp³-hybridized carbons (Fsp3) is 0.828. The van der Waals surface area contributed by atoms with E-state index in [1.807, 2.05) is 5.57 Å². The number of carbonyl (C=O) groups is 1. The van der Waals surface area contributed by atoms with E-state index in [1.165, 1.54) is 50.5 Å². The second-order valence-electron chi connectivity index (χ2n) is 12.5. The van der Waals surface area contributed by atoms with E-state index >= 15 is 0 Å². The SMILES string of the molecule is CC(C)=CCC[C@@H](C)[C@H]1CC[C@H]2C3=C(CC[C@]12C)[C@@]1(C)CC[C@@](O)(C=O)[C@H](C)[C@@H]1CC3. The summed E-state index contributed by atoms with van der Waals surface area (Å²) in [5.41, 5.74) is 4.57. The molecule has 0 unspecified atom stereocenters. The zero-order chi connectivity index (χ0) is 22.6. The minimum Gasteiger partial charge on any atom is -0.382 e. The Morgan fingerprint density at radius 3 is 2.55 bits per heavy atom. The van der Waals surface area contributed by atoms with Crippen molar-refractivity contribution in [1.29, 1.82) is 0 Å². The molecule has 0 amide bonds. The molecule has 0 heterocycles. The molecule has 0 spiro atoms. The highest BCUT2D eigenvalue weighted by molar-refractivity contribution is 5.63. The van der Waals surface area contributed by atoms with Crippen LogP contribution in [-0.2, 0) is 4.79 Å². The second kappa shape index (κ2) is 8.15. The molecule has 174 valence electrons. The Morgan fingerprint density at radius 2 is 1.87 bits per heavy atom. The van der Waals surface area contributed by atoms with Crippen molar-refractivity contribution in [1.82, 2.24) is 0 Å². The van der Waals surface area contributed by atoms with Crippen molar-refractivity contribution in [2.24, 2.45) is 40.4 Å². The van der Waals surface area contributed by atoms with Crippen LogP contribution in [0.3, 0.4) is 0 Å². The predicted molar refractivity (Wildman–Crippen MR) is 129 cm³/mol. The Hall–Kier alpha value is -0.890. The molecule has 2 nitrogen and oxygen atoms in total. The molecule has 4 aliphatic carbocycles. The number of hydrogen-bond acceptors (Lipinski definition) is 2. The smallest absolute Gasteiger partial charge is 0.151 e. The molecule has 2 fully saturated rings.